The van der Waals surface area contributed by atoms with Crippen LogP contribution in [0, 0.1) is 5.82 Å². The molecule has 4 aromatic carbocycles. The van der Waals surface area contributed by atoms with Gasteiger partial charge in [-0.15, -0.1) is 0 Å². The van der Waals surface area contributed by atoms with E-state index in [1.807, 2.05) is 42.5 Å². The van der Waals surface area contributed by atoms with Crippen LogP contribution in [0.15, 0.2) is 102 Å². The van der Waals surface area contributed by atoms with Gasteiger partial charge in [0.05, 0.1) is 16.1 Å². The van der Waals surface area contributed by atoms with Gasteiger partial charge in [0.2, 0.25) is 0 Å². The molecule has 7 nitrogen and oxygen atoms in total. The van der Waals surface area contributed by atoms with Gasteiger partial charge in [0, 0.05) is 11.3 Å². The highest BCUT2D eigenvalue weighted by Crippen LogP contribution is 2.24. The fourth-order valence-electron chi connectivity index (χ4n) is 3.38. The monoisotopic (exact) mass is 489 g/mol. The third-order valence-electron chi connectivity index (χ3n) is 5.17. The Morgan fingerprint density at radius 3 is 2.03 bits per heavy atom. The zero-order valence-corrected chi connectivity index (χ0v) is 19.1. The second kappa shape index (κ2) is 9.78. The molecule has 176 valence electrons. The van der Waals surface area contributed by atoms with Crippen molar-refractivity contribution in [1.82, 2.24) is 0 Å². The summed E-state index contributed by atoms with van der Waals surface area (Å²) in [6.45, 7) is 0. The first-order chi connectivity index (χ1) is 16.7. The number of nitrogens with two attached hydrogens (primary N) is 1. The van der Waals surface area contributed by atoms with E-state index in [-0.39, 0.29) is 21.7 Å². The van der Waals surface area contributed by atoms with Crippen molar-refractivity contribution in [3.05, 3.63) is 114 Å². The lowest BCUT2D eigenvalue weighted by molar-refractivity contribution is 0.0996. The molecule has 0 saturated carbocycles. The average molecular weight is 490 g/mol. The van der Waals surface area contributed by atoms with Gasteiger partial charge < -0.3 is 11.1 Å². The molecule has 4 aromatic rings. The third-order valence-corrected chi connectivity index (χ3v) is 6.55. The van der Waals surface area contributed by atoms with Crippen LogP contribution in [-0.4, -0.2) is 20.2 Å². The normalized spacial score (nSPS) is 11.0. The van der Waals surface area contributed by atoms with Crippen molar-refractivity contribution >= 4 is 33.2 Å². The number of hydrogen-bond acceptors (Lipinski definition) is 4. The van der Waals surface area contributed by atoms with Gasteiger partial charge in [0.1, 0.15) is 5.82 Å². The fraction of sp³-hybridized carbons (Fsp3) is 0. The smallest absolute Gasteiger partial charge is 0.261 e. The summed E-state index contributed by atoms with van der Waals surface area (Å²) in [7, 11) is -4.17. The Balaban J connectivity index is 1.57. The number of carbonyl (C=O) groups excluding carboxylic acids is 2. The molecule has 0 aliphatic carbocycles. The van der Waals surface area contributed by atoms with Gasteiger partial charge in [-0.1, -0.05) is 42.5 Å². The standard InChI is InChI=1S/C26H20FN3O4S/c27-20-9-13-22(14-10-20)35(33,34)30-24-16-19(8-15-23(24)25(28)31)26(32)29-21-11-6-18(7-12-21)17-4-2-1-3-5-17/h1-16,30H,(H2,28,31)(H,29,32). The van der Waals surface area contributed by atoms with E-state index in [9.17, 15) is 22.4 Å². The molecular weight excluding hydrogens is 469 g/mol. The zero-order valence-electron chi connectivity index (χ0n) is 18.2. The molecule has 0 radical (unpaired) electrons. The lowest BCUT2D eigenvalue weighted by atomic mass is 10.1. The molecule has 0 atom stereocenters. The van der Waals surface area contributed by atoms with E-state index in [1.54, 1.807) is 12.1 Å². The Morgan fingerprint density at radius 1 is 0.771 bits per heavy atom. The predicted octanol–water partition coefficient (Wildman–Crippen LogP) is 4.64. The predicted molar refractivity (Wildman–Crippen MR) is 132 cm³/mol. The quantitative estimate of drug-likeness (QED) is 0.350. The average Bonchev–Trinajstić information content (AvgIpc) is 2.85. The minimum atomic E-state index is -4.17. The Kier molecular flexibility index (Phi) is 6.61. The summed E-state index contributed by atoms with van der Waals surface area (Å²) >= 11 is 0. The van der Waals surface area contributed by atoms with Crippen molar-refractivity contribution in [1.29, 1.82) is 0 Å². The van der Waals surface area contributed by atoms with E-state index in [1.165, 1.54) is 18.2 Å². The van der Waals surface area contributed by atoms with Gasteiger partial charge in [-0.25, -0.2) is 12.8 Å². The van der Waals surface area contributed by atoms with E-state index in [0.29, 0.717) is 5.69 Å². The summed E-state index contributed by atoms with van der Waals surface area (Å²) < 4.78 is 40.9. The number of amides is 2. The van der Waals surface area contributed by atoms with Crippen molar-refractivity contribution in [2.75, 3.05) is 10.0 Å². The second-order valence-corrected chi connectivity index (χ2v) is 9.26. The van der Waals surface area contributed by atoms with E-state index in [0.717, 1.165) is 35.4 Å². The van der Waals surface area contributed by atoms with Crippen molar-refractivity contribution in [2.24, 2.45) is 5.73 Å². The number of benzene rings is 4. The molecule has 4 rings (SSSR count). The number of rotatable bonds is 7. The number of sulfonamides is 1. The lowest BCUT2D eigenvalue weighted by Gasteiger charge is -2.13. The van der Waals surface area contributed by atoms with Gasteiger partial charge in [-0.2, -0.15) is 0 Å². The Hall–Kier alpha value is -4.50. The number of nitrogens with one attached hydrogen (secondary N) is 2. The molecule has 0 heterocycles. The first-order valence-electron chi connectivity index (χ1n) is 10.4. The molecule has 0 fully saturated rings. The maximum atomic E-state index is 13.2. The molecule has 4 N–H and O–H groups in total. The van der Waals surface area contributed by atoms with Gasteiger partial charge in [-0.3, -0.25) is 14.3 Å². The van der Waals surface area contributed by atoms with Crippen LogP contribution in [0.2, 0.25) is 0 Å². The van der Waals surface area contributed by atoms with Gasteiger partial charge >= 0.3 is 0 Å². The molecule has 0 saturated heterocycles. The highest BCUT2D eigenvalue weighted by Gasteiger charge is 2.20. The molecule has 35 heavy (non-hydrogen) atoms. The molecule has 0 unspecified atom stereocenters. The topological polar surface area (TPSA) is 118 Å². The third kappa shape index (κ3) is 5.53. The summed E-state index contributed by atoms with van der Waals surface area (Å²) in [5, 5.41) is 2.74. The summed E-state index contributed by atoms with van der Waals surface area (Å²) in [5.74, 6) is -2.00. The van der Waals surface area contributed by atoms with Crippen LogP contribution in [0.3, 0.4) is 0 Å². The van der Waals surface area contributed by atoms with Gasteiger partial charge in [0.25, 0.3) is 21.8 Å². The van der Waals surface area contributed by atoms with Crippen LogP contribution in [0.1, 0.15) is 20.7 Å². The summed E-state index contributed by atoms with van der Waals surface area (Å²) in [5.41, 5.74) is 7.72. The molecule has 0 aliphatic heterocycles. The zero-order chi connectivity index (χ0) is 25.0. The second-order valence-electron chi connectivity index (χ2n) is 7.58. The van der Waals surface area contributed by atoms with Crippen LogP contribution >= 0.6 is 0 Å². The highest BCUT2D eigenvalue weighted by atomic mass is 32.2. The molecule has 0 aromatic heterocycles. The first-order valence-corrected chi connectivity index (χ1v) is 11.9. The van der Waals surface area contributed by atoms with Gasteiger partial charge in [-0.05, 0) is 65.7 Å². The van der Waals surface area contributed by atoms with E-state index in [4.69, 9.17) is 5.73 Å². The number of halogens is 1. The maximum absolute atomic E-state index is 13.2. The van der Waals surface area contributed by atoms with Crippen molar-refractivity contribution in [3.8, 4) is 11.1 Å². The molecule has 0 spiro atoms. The maximum Gasteiger partial charge on any atom is 0.261 e. The largest absolute Gasteiger partial charge is 0.366 e. The lowest BCUT2D eigenvalue weighted by Crippen LogP contribution is -2.20. The molecular formula is C26H20FN3O4S. The molecule has 2 amide bonds. The molecule has 0 aliphatic rings. The Labute approximate surface area is 201 Å². The van der Waals surface area contributed by atoms with Crippen molar-refractivity contribution in [3.63, 3.8) is 0 Å². The number of anilines is 2. The fourth-order valence-corrected chi connectivity index (χ4v) is 4.45. The summed E-state index contributed by atoms with van der Waals surface area (Å²) in [6.07, 6.45) is 0. The highest BCUT2D eigenvalue weighted by molar-refractivity contribution is 7.92. The van der Waals surface area contributed by atoms with Crippen LogP contribution in [0.4, 0.5) is 15.8 Å². The minimum Gasteiger partial charge on any atom is -0.366 e. The summed E-state index contributed by atoms with van der Waals surface area (Å²) in [6, 6.07) is 25.0. The van der Waals surface area contributed by atoms with Crippen LogP contribution in [0.5, 0.6) is 0 Å². The molecule has 0 bridgehead atoms. The number of hydrogen-bond donors (Lipinski definition) is 3. The molecule has 9 heteroatoms. The number of primary amides is 1. The SMILES string of the molecule is NC(=O)c1ccc(C(=O)Nc2ccc(-c3ccccc3)cc2)cc1NS(=O)(=O)c1ccc(F)cc1. The van der Waals surface area contributed by atoms with E-state index in [2.05, 4.69) is 10.0 Å². The van der Waals surface area contributed by atoms with E-state index < -0.39 is 27.7 Å². The van der Waals surface area contributed by atoms with Gasteiger partial charge in [0.15, 0.2) is 0 Å². The Morgan fingerprint density at radius 2 is 1.40 bits per heavy atom. The number of carbonyl (C=O) groups is 2. The first kappa shape index (κ1) is 23.7. The Bertz CT molecular complexity index is 1490. The van der Waals surface area contributed by atoms with E-state index >= 15 is 0 Å². The van der Waals surface area contributed by atoms with Crippen LogP contribution in [-0.2, 0) is 10.0 Å². The van der Waals surface area contributed by atoms with Crippen LogP contribution in [0.25, 0.3) is 11.1 Å². The summed E-state index contributed by atoms with van der Waals surface area (Å²) in [4.78, 5) is 24.5. The van der Waals surface area contributed by atoms with Crippen LogP contribution < -0.4 is 15.8 Å². The van der Waals surface area contributed by atoms with Crippen molar-refractivity contribution in [2.45, 2.75) is 4.90 Å². The van der Waals surface area contributed by atoms with Crippen molar-refractivity contribution < 1.29 is 22.4 Å². The minimum absolute atomic E-state index is 0.0962.